The molecule has 0 spiro atoms. The number of carbonyl (C=O) groups is 3. The van der Waals surface area contributed by atoms with E-state index in [0.29, 0.717) is 11.7 Å². The van der Waals surface area contributed by atoms with Crippen LogP contribution in [-0.2, 0) is 14.4 Å². The Balaban J connectivity index is 1.64. The average molecular weight is 386 g/mol. The summed E-state index contributed by atoms with van der Waals surface area (Å²) in [6.45, 7) is 4.04. The van der Waals surface area contributed by atoms with Gasteiger partial charge in [-0.2, -0.15) is 0 Å². The van der Waals surface area contributed by atoms with Gasteiger partial charge >= 0.3 is 0 Å². The molecule has 1 aromatic carbocycles. The van der Waals surface area contributed by atoms with Crippen molar-refractivity contribution in [1.82, 2.24) is 10.3 Å². The summed E-state index contributed by atoms with van der Waals surface area (Å²) in [6, 6.07) is 8.58. The number of para-hydroxylation sites is 1. The number of hydrogen-bond donors (Lipinski definition) is 2. The summed E-state index contributed by atoms with van der Waals surface area (Å²) in [5, 5.41) is 7.79. The molecule has 27 heavy (non-hydrogen) atoms. The van der Waals surface area contributed by atoms with Crippen LogP contribution in [0.25, 0.3) is 0 Å². The van der Waals surface area contributed by atoms with Crippen LogP contribution in [0.2, 0.25) is 0 Å². The molecule has 1 saturated heterocycles. The van der Waals surface area contributed by atoms with Crippen molar-refractivity contribution in [3.63, 3.8) is 0 Å². The van der Waals surface area contributed by atoms with E-state index in [1.807, 2.05) is 44.2 Å². The van der Waals surface area contributed by atoms with Crippen molar-refractivity contribution < 1.29 is 14.4 Å². The highest BCUT2D eigenvalue weighted by Gasteiger charge is 2.37. The molecule has 1 aliphatic rings. The van der Waals surface area contributed by atoms with Crippen LogP contribution >= 0.6 is 11.3 Å². The van der Waals surface area contributed by atoms with Crippen molar-refractivity contribution in [2.24, 2.45) is 11.8 Å². The highest BCUT2D eigenvalue weighted by molar-refractivity contribution is 7.13. The molecule has 1 aromatic heterocycles. The minimum absolute atomic E-state index is 0.0883. The molecule has 8 heteroatoms. The fourth-order valence-electron chi connectivity index (χ4n) is 3.02. The predicted octanol–water partition coefficient (Wildman–Crippen LogP) is 2.28. The molecule has 7 nitrogen and oxygen atoms in total. The first-order valence-electron chi connectivity index (χ1n) is 8.82. The molecule has 0 aliphatic carbocycles. The van der Waals surface area contributed by atoms with Crippen molar-refractivity contribution in [3.8, 4) is 0 Å². The lowest BCUT2D eigenvalue weighted by molar-refractivity contribution is -0.130. The number of amides is 3. The van der Waals surface area contributed by atoms with E-state index in [0.717, 1.165) is 5.69 Å². The Morgan fingerprint density at radius 1 is 1.26 bits per heavy atom. The fraction of sp³-hybridized carbons (Fsp3) is 0.368. The third kappa shape index (κ3) is 4.51. The van der Waals surface area contributed by atoms with Crippen LogP contribution in [0.1, 0.15) is 20.3 Å². The zero-order chi connectivity index (χ0) is 19.4. The molecule has 3 amide bonds. The maximum atomic E-state index is 12.7. The number of benzene rings is 1. The van der Waals surface area contributed by atoms with Gasteiger partial charge in [0.05, 0.1) is 5.92 Å². The Morgan fingerprint density at radius 2 is 2.00 bits per heavy atom. The summed E-state index contributed by atoms with van der Waals surface area (Å²) in [5.41, 5.74) is 0.778. The maximum absolute atomic E-state index is 12.7. The van der Waals surface area contributed by atoms with Gasteiger partial charge in [-0.3, -0.25) is 14.4 Å². The predicted molar refractivity (Wildman–Crippen MR) is 104 cm³/mol. The Hall–Kier alpha value is -2.74. The second-order valence-electron chi connectivity index (χ2n) is 6.80. The molecule has 2 aromatic rings. The van der Waals surface area contributed by atoms with Gasteiger partial charge in [-0.1, -0.05) is 32.0 Å². The second kappa shape index (κ2) is 8.30. The third-order valence-electron chi connectivity index (χ3n) is 4.47. The average Bonchev–Trinajstić information content (AvgIpc) is 3.29. The van der Waals surface area contributed by atoms with Gasteiger partial charge < -0.3 is 15.5 Å². The van der Waals surface area contributed by atoms with Crippen molar-refractivity contribution >= 4 is 39.9 Å². The topological polar surface area (TPSA) is 91.4 Å². The third-order valence-corrected chi connectivity index (χ3v) is 5.16. The van der Waals surface area contributed by atoms with E-state index >= 15 is 0 Å². The monoisotopic (exact) mass is 386 g/mol. The summed E-state index contributed by atoms with van der Waals surface area (Å²) in [6.07, 6.45) is 1.74. The lowest BCUT2D eigenvalue weighted by Crippen LogP contribution is -2.49. The molecular weight excluding hydrogens is 364 g/mol. The van der Waals surface area contributed by atoms with Gasteiger partial charge in [-0.05, 0) is 18.1 Å². The number of carbonyl (C=O) groups excluding carboxylic acids is 3. The summed E-state index contributed by atoms with van der Waals surface area (Å²) in [7, 11) is 0. The van der Waals surface area contributed by atoms with E-state index < -0.39 is 12.0 Å². The molecule has 0 saturated carbocycles. The highest BCUT2D eigenvalue weighted by Crippen LogP contribution is 2.25. The molecule has 2 heterocycles. The van der Waals surface area contributed by atoms with E-state index in [4.69, 9.17) is 0 Å². The molecule has 142 valence electrons. The minimum atomic E-state index is -0.692. The van der Waals surface area contributed by atoms with E-state index in [1.54, 1.807) is 16.5 Å². The lowest BCUT2D eigenvalue weighted by Gasteiger charge is -2.23. The van der Waals surface area contributed by atoms with E-state index in [9.17, 15) is 14.4 Å². The number of thiazole rings is 1. The molecule has 2 unspecified atom stereocenters. The Kier molecular flexibility index (Phi) is 5.85. The Bertz CT molecular complexity index is 808. The zero-order valence-electron chi connectivity index (χ0n) is 15.2. The van der Waals surface area contributed by atoms with Crippen LogP contribution in [0.3, 0.4) is 0 Å². The van der Waals surface area contributed by atoms with Gasteiger partial charge in [0.25, 0.3) is 0 Å². The molecule has 1 fully saturated rings. The fourth-order valence-corrected chi connectivity index (χ4v) is 3.55. The summed E-state index contributed by atoms with van der Waals surface area (Å²) < 4.78 is 0. The first-order chi connectivity index (χ1) is 13.0. The van der Waals surface area contributed by atoms with Gasteiger partial charge in [-0.15, -0.1) is 11.3 Å². The summed E-state index contributed by atoms with van der Waals surface area (Å²) >= 11 is 1.32. The van der Waals surface area contributed by atoms with Crippen LogP contribution in [0.15, 0.2) is 41.9 Å². The van der Waals surface area contributed by atoms with Gasteiger partial charge in [0.2, 0.25) is 17.7 Å². The van der Waals surface area contributed by atoms with Gasteiger partial charge in [-0.25, -0.2) is 4.98 Å². The molecular formula is C19H22N4O3S. The van der Waals surface area contributed by atoms with Crippen LogP contribution in [0.5, 0.6) is 0 Å². The zero-order valence-corrected chi connectivity index (χ0v) is 16.0. The lowest BCUT2D eigenvalue weighted by atomic mass is 10.0. The van der Waals surface area contributed by atoms with E-state index in [1.165, 1.54) is 11.3 Å². The standard InChI is InChI=1S/C19H22N4O3S/c1-12(2)16(18(26)22-19-20-8-9-27-19)21-17(25)13-10-15(24)23(11-13)14-6-4-3-5-7-14/h3-9,12-13,16H,10-11H2,1-2H3,(H,21,25)(H,20,22,26). The van der Waals surface area contributed by atoms with Crippen LogP contribution < -0.4 is 15.5 Å². The first-order valence-corrected chi connectivity index (χ1v) is 9.70. The van der Waals surface area contributed by atoms with E-state index in [2.05, 4.69) is 15.6 Å². The molecule has 0 bridgehead atoms. The minimum Gasteiger partial charge on any atom is -0.344 e. The molecule has 2 atom stereocenters. The summed E-state index contributed by atoms with van der Waals surface area (Å²) in [4.78, 5) is 43.2. The Morgan fingerprint density at radius 3 is 2.63 bits per heavy atom. The normalized spacial score (nSPS) is 17.8. The van der Waals surface area contributed by atoms with Crippen molar-refractivity contribution in [3.05, 3.63) is 41.9 Å². The number of rotatable bonds is 6. The smallest absolute Gasteiger partial charge is 0.248 e. The molecule has 3 rings (SSSR count). The van der Waals surface area contributed by atoms with Crippen LogP contribution in [-0.4, -0.2) is 35.3 Å². The van der Waals surface area contributed by atoms with Crippen molar-refractivity contribution in [2.45, 2.75) is 26.3 Å². The summed E-state index contributed by atoms with van der Waals surface area (Å²) in [5.74, 6) is -1.26. The quantitative estimate of drug-likeness (QED) is 0.797. The number of anilines is 2. The maximum Gasteiger partial charge on any atom is 0.248 e. The van der Waals surface area contributed by atoms with Crippen molar-refractivity contribution in [2.75, 3.05) is 16.8 Å². The Labute approximate surface area is 161 Å². The SMILES string of the molecule is CC(C)C(NC(=O)C1CC(=O)N(c2ccccc2)C1)C(=O)Nc1nccs1. The van der Waals surface area contributed by atoms with Crippen LogP contribution in [0, 0.1) is 11.8 Å². The second-order valence-corrected chi connectivity index (χ2v) is 7.69. The molecule has 1 aliphatic heterocycles. The number of hydrogen-bond acceptors (Lipinski definition) is 5. The van der Waals surface area contributed by atoms with Gasteiger partial charge in [0.15, 0.2) is 5.13 Å². The molecule has 0 radical (unpaired) electrons. The number of nitrogens with one attached hydrogen (secondary N) is 2. The largest absolute Gasteiger partial charge is 0.344 e. The van der Waals surface area contributed by atoms with E-state index in [-0.39, 0.29) is 30.1 Å². The highest BCUT2D eigenvalue weighted by atomic mass is 32.1. The van der Waals surface area contributed by atoms with Gasteiger partial charge in [0, 0.05) is 30.2 Å². The first kappa shape index (κ1) is 19.0. The van der Waals surface area contributed by atoms with Crippen LogP contribution in [0.4, 0.5) is 10.8 Å². The molecule has 2 N–H and O–H groups in total. The van der Waals surface area contributed by atoms with Gasteiger partial charge in [0.1, 0.15) is 6.04 Å². The number of nitrogens with zero attached hydrogens (tertiary/aromatic N) is 2. The van der Waals surface area contributed by atoms with Crippen molar-refractivity contribution in [1.29, 1.82) is 0 Å². The number of aromatic nitrogens is 1.